The van der Waals surface area contributed by atoms with E-state index in [4.69, 9.17) is 8.83 Å². The molecule has 0 radical (unpaired) electrons. The van der Waals surface area contributed by atoms with Crippen molar-refractivity contribution >= 4 is 65.0 Å². The Morgan fingerprint density at radius 1 is 0.283 bits per heavy atom. The number of furan rings is 2. The average molecular weight is 677 g/mol. The average Bonchev–Trinajstić information content (AvgIpc) is 3.81. The van der Waals surface area contributed by atoms with Crippen LogP contribution < -0.4 is 0 Å². The van der Waals surface area contributed by atoms with Crippen molar-refractivity contribution in [1.82, 2.24) is 0 Å². The fraction of sp³-hybridized carbons (Fsp3) is 0.0196. The van der Waals surface area contributed by atoms with E-state index in [9.17, 15) is 0 Å². The van der Waals surface area contributed by atoms with Gasteiger partial charge in [0, 0.05) is 16.3 Å². The molecule has 0 unspecified atom stereocenters. The highest BCUT2D eigenvalue weighted by molar-refractivity contribution is 6.23. The SMILES string of the molecule is Cc1ccc(-c2c3ccccc3c(-c3ccc4c(c3)oc3ccc(-c5c6ccccc6c(-c6ccccc6)c6ccccc56)cc34)c3ccccc23)o1. The molecule has 9 aromatic carbocycles. The number of fused-ring (bicyclic) bond motifs is 7. The van der Waals surface area contributed by atoms with Crippen LogP contribution in [0.2, 0.25) is 0 Å². The first-order valence-electron chi connectivity index (χ1n) is 18.2. The summed E-state index contributed by atoms with van der Waals surface area (Å²) in [6.45, 7) is 2.00. The monoisotopic (exact) mass is 676 g/mol. The van der Waals surface area contributed by atoms with Crippen LogP contribution in [-0.4, -0.2) is 0 Å². The van der Waals surface area contributed by atoms with Crippen LogP contribution >= 0.6 is 0 Å². The van der Waals surface area contributed by atoms with Crippen LogP contribution in [0.25, 0.3) is 110 Å². The van der Waals surface area contributed by atoms with Crippen LogP contribution in [0.1, 0.15) is 5.76 Å². The molecule has 2 nitrogen and oxygen atoms in total. The van der Waals surface area contributed by atoms with E-state index in [0.717, 1.165) is 44.6 Å². The highest BCUT2D eigenvalue weighted by atomic mass is 16.3. The van der Waals surface area contributed by atoms with Gasteiger partial charge in [0.25, 0.3) is 0 Å². The number of hydrogen-bond acceptors (Lipinski definition) is 2. The number of aryl methyl sites for hydroxylation is 1. The van der Waals surface area contributed by atoms with E-state index in [0.29, 0.717) is 0 Å². The fourth-order valence-electron chi connectivity index (χ4n) is 8.72. The van der Waals surface area contributed by atoms with Crippen LogP contribution in [0.3, 0.4) is 0 Å². The molecule has 0 spiro atoms. The largest absolute Gasteiger partial charge is 0.461 e. The van der Waals surface area contributed by atoms with Gasteiger partial charge in [0.05, 0.1) is 0 Å². The normalized spacial score (nSPS) is 11.9. The summed E-state index contributed by atoms with van der Waals surface area (Å²) in [4.78, 5) is 0. The molecule has 11 aromatic rings. The second kappa shape index (κ2) is 11.6. The lowest BCUT2D eigenvalue weighted by atomic mass is 9.85. The van der Waals surface area contributed by atoms with Crippen molar-refractivity contribution in [3.63, 3.8) is 0 Å². The first-order valence-corrected chi connectivity index (χ1v) is 18.2. The van der Waals surface area contributed by atoms with Crippen molar-refractivity contribution in [3.8, 4) is 44.7 Å². The molecule has 0 aliphatic rings. The topological polar surface area (TPSA) is 26.3 Å². The summed E-state index contributed by atoms with van der Waals surface area (Å²) in [6, 6.07) is 63.3. The minimum Gasteiger partial charge on any atom is -0.461 e. The molecule has 2 heterocycles. The molecule has 0 saturated carbocycles. The van der Waals surface area contributed by atoms with Crippen molar-refractivity contribution in [1.29, 1.82) is 0 Å². The zero-order valence-corrected chi connectivity index (χ0v) is 29.1. The lowest BCUT2D eigenvalue weighted by molar-refractivity contribution is 0.549. The molecule has 0 N–H and O–H groups in total. The van der Waals surface area contributed by atoms with Crippen LogP contribution in [0.5, 0.6) is 0 Å². The minimum absolute atomic E-state index is 0.877. The molecule has 53 heavy (non-hydrogen) atoms. The third kappa shape index (κ3) is 4.52. The van der Waals surface area contributed by atoms with Crippen LogP contribution in [0.15, 0.2) is 185 Å². The maximum absolute atomic E-state index is 6.66. The second-order valence-corrected chi connectivity index (χ2v) is 14.0. The van der Waals surface area contributed by atoms with Crippen molar-refractivity contribution in [2.45, 2.75) is 6.92 Å². The maximum atomic E-state index is 6.66. The maximum Gasteiger partial charge on any atom is 0.136 e. The summed E-state index contributed by atoms with van der Waals surface area (Å²) in [5.74, 6) is 1.79. The van der Waals surface area contributed by atoms with E-state index in [1.807, 2.05) is 13.0 Å². The standard InChI is InChI=1S/C51H32O2/c1-31-23-27-46(52-31)51-42-21-11-9-19-40(42)50(41-20-10-12-22-43(41)51)34-24-26-35-44-29-33(25-28-45(44)53-47(35)30-34)49-38-17-7-5-15-36(38)48(32-13-3-2-4-14-32)37-16-6-8-18-39(37)49/h2-30H,1H3. The molecule has 0 fully saturated rings. The lowest BCUT2D eigenvalue weighted by Crippen LogP contribution is -1.90. The zero-order valence-electron chi connectivity index (χ0n) is 29.1. The van der Waals surface area contributed by atoms with E-state index in [1.54, 1.807) is 0 Å². The van der Waals surface area contributed by atoms with Gasteiger partial charge in [-0.1, -0.05) is 140 Å². The Bertz CT molecular complexity index is 3120. The Balaban J connectivity index is 1.13. The third-order valence-corrected chi connectivity index (χ3v) is 11.0. The number of hydrogen-bond donors (Lipinski definition) is 0. The van der Waals surface area contributed by atoms with Gasteiger partial charge in [-0.25, -0.2) is 0 Å². The molecule has 0 aliphatic carbocycles. The molecule has 248 valence electrons. The molecule has 11 rings (SSSR count). The van der Waals surface area contributed by atoms with Crippen LogP contribution in [0.4, 0.5) is 0 Å². The molecule has 2 heteroatoms. The van der Waals surface area contributed by atoms with Crippen LogP contribution in [-0.2, 0) is 0 Å². The molecule has 0 saturated heterocycles. The first kappa shape index (κ1) is 29.8. The minimum atomic E-state index is 0.877. The van der Waals surface area contributed by atoms with Crippen molar-refractivity contribution in [3.05, 3.63) is 182 Å². The van der Waals surface area contributed by atoms with Gasteiger partial charge in [0.1, 0.15) is 22.7 Å². The molecule has 0 aliphatic heterocycles. The summed E-state index contributed by atoms with van der Waals surface area (Å²) in [5.41, 5.74) is 10.1. The molecular weight excluding hydrogens is 645 g/mol. The van der Waals surface area contributed by atoms with E-state index >= 15 is 0 Å². The van der Waals surface area contributed by atoms with Gasteiger partial charge in [-0.3, -0.25) is 0 Å². The highest BCUT2D eigenvalue weighted by Crippen LogP contribution is 2.47. The quantitative estimate of drug-likeness (QED) is 0.173. The Labute approximate surface area is 306 Å². The van der Waals surface area contributed by atoms with Gasteiger partial charge >= 0.3 is 0 Å². The van der Waals surface area contributed by atoms with Gasteiger partial charge in [0.2, 0.25) is 0 Å². The molecule has 0 amide bonds. The van der Waals surface area contributed by atoms with E-state index in [1.165, 1.54) is 70.9 Å². The van der Waals surface area contributed by atoms with Gasteiger partial charge in [-0.2, -0.15) is 0 Å². The fourth-order valence-corrected chi connectivity index (χ4v) is 8.72. The molecular formula is C51H32O2. The molecule has 0 bridgehead atoms. The summed E-state index contributed by atoms with van der Waals surface area (Å²) in [7, 11) is 0. The second-order valence-electron chi connectivity index (χ2n) is 14.0. The summed E-state index contributed by atoms with van der Waals surface area (Å²) < 4.78 is 12.9. The Kier molecular flexibility index (Phi) is 6.50. The summed E-state index contributed by atoms with van der Waals surface area (Å²) in [6.07, 6.45) is 0. The summed E-state index contributed by atoms with van der Waals surface area (Å²) in [5, 5.41) is 11.9. The van der Waals surface area contributed by atoms with E-state index in [-0.39, 0.29) is 0 Å². The number of rotatable bonds is 4. The van der Waals surface area contributed by atoms with Gasteiger partial charge in [-0.15, -0.1) is 0 Å². The Hall–Kier alpha value is -6.90. The van der Waals surface area contributed by atoms with Crippen molar-refractivity contribution in [2.24, 2.45) is 0 Å². The molecule has 0 atom stereocenters. The van der Waals surface area contributed by atoms with E-state index < -0.39 is 0 Å². The summed E-state index contributed by atoms with van der Waals surface area (Å²) >= 11 is 0. The van der Waals surface area contributed by atoms with Gasteiger partial charge in [-0.05, 0) is 120 Å². The van der Waals surface area contributed by atoms with Gasteiger partial charge < -0.3 is 8.83 Å². The van der Waals surface area contributed by atoms with E-state index in [2.05, 4.69) is 170 Å². The smallest absolute Gasteiger partial charge is 0.136 e. The predicted molar refractivity (Wildman–Crippen MR) is 222 cm³/mol. The van der Waals surface area contributed by atoms with Crippen molar-refractivity contribution in [2.75, 3.05) is 0 Å². The Morgan fingerprint density at radius 3 is 1.25 bits per heavy atom. The first-order chi connectivity index (χ1) is 26.2. The van der Waals surface area contributed by atoms with Crippen LogP contribution in [0, 0.1) is 6.92 Å². The predicted octanol–water partition coefficient (Wildman–Crippen LogP) is 14.8. The third-order valence-electron chi connectivity index (χ3n) is 11.0. The van der Waals surface area contributed by atoms with Gasteiger partial charge in [0.15, 0.2) is 0 Å². The zero-order chi connectivity index (χ0) is 35.0. The molecule has 2 aromatic heterocycles. The lowest BCUT2D eigenvalue weighted by Gasteiger charge is -2.17. The number of benzene rings is 9. The van der Waals surface area contributed by atoms with Crippen molar-refractivity contribution < 1.29 is 8.83 Å². The highest BCUT2D eigenvalue weighted by Gasteiger charge is 2.21. The Morgan fingerprint density at radius 2 is 0.736 bits per heavy atom.